The molecule has 9 saturated carbocycles. The second-order valence-electron chi connectivity index (χ2n) is 33.7. The van der Waals surface area contributed by atoms with Crippen LogP contribution in [0.25, 0.3) is 0 Å². The highest BCUT2D eigenvalue weighted by molar-refractivity contribution is 5.82. The number of fused-ring (bicyclic) bond motifs is 6. The van der Waals surface area contributed by atoms with Crippen molar-refractivity contribution >= 4 is 59.7 Å². The van der Waals surface area contributed by atoms with E-state index in [9.17, 15) is 47.9 Å². The van der Waals surface area contributed by atoms with Crippen LogP contribution in [0, 0.1) is 104 Å². The summed E-state index contributed by atoms with van der Waals surface area (Å²) in [7, 11) is 0. The molecule has 0 radical (unpaired) electrons. The quantitative estimate of drug-likeness (QED) is 0.109. The minimum Gasteiger partial charge on any atom is -0.458 e. The lowest BCUT2D eigenvalue weighted by Gasteiger charge is -2.38. The fourth-order valence-corrected chi connectivity index (χ4v) is 17.4. The Hall–Kier alpha value is -5.30. The first kappa shape index (κ1) is 96.7. The van der Waals surface area contributed by atoms with Gasteiger partial charge in [-0.25, -0.2) is 0 Å². The van der Waals surface area contributed by atoms with E-state index in [2.05, 4.69) is 6.92 Å². The average molecular weight is 1450 g/mol. The second-order valence-corrected chi connectivity index (χ2v) is 33.7. The van der Waals surface area contributed by atoms with E-state index < -0.39 is 38.3 Å². The predicted molar refractivity (Wildman–Crippen MR) is 396 cm³/mol. The van der Waals surface area contributed by atoms with E-state index in [1.54, 1.807) is 0 Å². The number of esters is 10. The smallest absolute Gasteiger partial charge is 0.312 e. The van der Waals surface area contributed by atoms with Crippen LogP contribution in [-0.2, 0) is 95.3 Å². The maximum Gasteiger partial charge on any atom is 0.312 e. The summed E-state index contributed by atoms with van der Waals surface area (Å²) in [5, 5.41) is 0. The Morgan fingerprint density at radius 1 is 0.422 bits per heavy atom. The van der Waals surface area contributed by atoms with Crippen molar-refractivity contribution in [2.45, 2.75) is 362 Å². The zero-order valence-corrected chi connectivity index (χ0v) is 58.0. The maximum absolute atomic E-state index is 12.3. The lowest BCUT2D eigenvalue weighted by molar-refractivity contribution is -0.188. The van der Waals surface area contributed by atoms with Gasteiger partial charge in [0.25, 0.3) is 0 Å². The molecule has 10 bridgehead atoms. The molecule has 23 unspecified atom stereocenters. The van der Waals surface area contributed by atoms with Crippen LogP contribution >= 0.6 is 0 Å². The maximum atomic E-state index is 12.3. The Labute approximate surface area is 617 Å². The summed E-state index contributed by atoms with van der Waals surface area (Å²) in [6, 6.07) is 0. The van der Waals surface area contributed by atoms with E-state index in [4.69, 9.17) is 47.4 Å². The predicted octanol–water partition coefficient (Wildman–Crippen LogP) is 17.3. The monoisotopic (exact) mass is 1450 g/mol. The Morgan fingerprint density at radius 3 is 1.42 bits per heavy atom. The molecule has 9 aliphatic carbocycles. The van der Waals surface area contributed by atoms with Crippen LogP contribution in [0.1, 0.15) is 302 Å². The van der Waals surface area contributed by atoms with Crippen molar-refractivity contribution in [3.8, 4) is 0 Å². The van der Waals surface area contributed by atoms with Gasteiger partial charge < -0.3 is 47.4 Å². The van der Waals surface area contributed by atoms with Crippen molar-refractivity contribution in [2.75, 3.05) is 0 Å². The van der Waals surface area contributed by atoms with Crippen molar-refractivity contribution in [3.63, 3.8) is 0 Å². The number of rotatable bonds is 15. The van der Waals surface area contributed by atoms with E-state index in [0.29, 0.717) is 24.2 Å². The highest BCUT2D eigenvalue weighted by Gasteiger charge is 2.72. The Kier molecular flexibility index (Phi) is 32.3. The zero-order valence-electron chi connectivity index (χ0n) is 58.0. The zero-order chi connectivity index (χ0) is 67.7. The molecular formula is C82H146O20. The topological polar surface area (TPSA) is 263 Å². The van der Waals surface area contributed by atoms with E-state index in [1.165, 1.54) is 0 Å². The summed E-state index contributed by atoms with van der Waals surface area (Å²) in [6.45, 7) is 34.8. The molecule has 14 rings (SSSR count). The highest BCUT2D eigenvalue weighted by Crippen LogP contribution is 2.64. The lowest BCUT2D eigenvalue weighted by atomic mass is 9.79. The van der Waals surface area contributed by atoms with Gasteiger partial charge in [-0.05, 0) is 179 Å². The van der Waals surface area contributed by atoms with E-state index in [1.807, 2.05) is 118 Å². The number of hydrogen-bond acceptors (Lipinski definition) is 20. The number of hydrogen-bond donors (Lipinski definition) is 0. The van der Waals surface area contributed by atoms with E-state index in [0.717, 1.165) is 96.3 Å². The van der Waals surface area contributed by atoms with Crippen molar-refractivity contribution in [1.29, 1.82) is 0 Å². The first-order chi connectivity index (χ1) is 42.7. The molecule has 0 N–H and O–H groups in total. The van der Waals surface area contributed by atoms with E-state index >= 15 is 0 Å². The summed E-state index contributed by atoms with van der Waals surface area (Å²) in [4.78, 5) is 119. The van der Waals surface area contributed by atoms with E-state index in [-0.39, 0.29) is 241 Å². The van der Waals surface area contributed by atoms with Crippen molar-refractivity contribution in [3.05, 3.63) is 0 Å². The minimum absolute atomic E-state index is 0. The Morgan fingerprint density at radius 2 is 0.882 bits per heavy atom. The van der Waals surface area contributed by atoms with Gasteiger partial charge in [0.2, 0.25) is 0 Å². The van der Waals surface area contributed by atoms with Crippen LogP contribution in [0.15, 0.2) is 0 Å². The van der Waals surface area contributed by atoms with Crippen LogP contribution in [0.4, 0.5) is 0 Å². The molecule has 23 atom stereocenters. The lowest BCUT2D eigenvalue weighted by Crippen LogP contribution is -2.49. The molecule has 0 spiro atoms. The second kappa shape index (κ2) is 34.1. The van der Waals surface area contributed by atoms with Gasteiger partial charge in [-0.1, -0.05) is 116 Å². The summed E-state index contributed by atoms with van der Waals surface area (Å²) in [5.41, 5.74) is -3.61. The third-order valence-electron chi connectivity index (χ3n) is 26.0. The van der Waals surface area contributed by atoms with Gasteiger partial charge in [0.15, 0.2) is 0 Å². The first-order valence-corrected chi connectivity index (χ1v) is 34.9. The molecular weight excluding hydrogens is 1300 g/mol. The van der Waals surface area contributed by atoms with Crippen LogP contribution < -0.4 is 0 Å². The summed E-state index contributed by atoms with van der Waals surface area (Å²) < 4.78 is 55.7. The molecule has 0 aromatic heterocycles. The molecule has 5 heterocycles. The third-order valence-corrected chi connectivity index (χ3v) is 26.0. The molecule has 102 heavy (non-hydrogen) atoms. The van der Waals surface area contributed by atoms with Crippen molar-refractivity contribution in [2.24, 2.45) is 104 Å². The molecule has 5 saturated heterocycles. The summed E-state index contributed by atoms with van der Waals surface area (Å²) >= 11 is 0. The van der Waals surface area contributed by atoms with Crippen molar-refractivity contribution < 1.29 is 95.3 Å². The van der Waals surface area contributed by atoms with Crippen molar-refractivity contribution in [1.82, 2.24) is 0 Å². The molecule has 5 aliphatic heterocycles. The first-order valence-electron chi connectivity index (χ1n) is 34.9. The molecule has 20 heteroatoms. The molecule has 0 aromatic rings. The summed E-state index contributed by atoms with van der Waals surface area (Å²) in [6.07, 6.45) is 11.3. The van der Waals surface area contributed by atoms with Gasteiger partial charge in [0.1, 0.15) is 60.0 Å². The molecule has 14 fully saturated rings. The van der Waals surface area contributed by atoms with Gasteiger partial charge in [0.05, 0.1) is 56.7 Å². The molecule has 594 valence electrons. The standard InChI is InChI=1S/3C15H22O4.C14H20O4.C13H20O4.10CH4/c1-5-14(2,3)13(17)19-11-10-8-6-15(11,4)7-9(8)12(16)18-10;1-5-14(2,3)13(17)19-15(4)8-6-9-10(7-8)12(16)18-11(9)15;1-5-14(2,3)13(17)18-11-8-6-9-10(7-8)15(11,4)19-12(9)16;1-4-14(2,3)13(16)18-10-7-5-8-9(6-7)12(15)17-11(8)10;1-4-13(2,3)12(15)17-9-6-5-8-7-10(9)16-11(8)14;;;;;;;;;;/h3*8-11H,5-7H2,1-4H3;7-11H,4-6H2,1-3H3;8-10H,4-7H2,1-3H3;10*1H4. The molecule has 20 nitrogen and oxygen atoms in total. The van der Waals surface area contributed by atoms with Gasteiger partial charge in [-0.2, -0.15) is 0 Å². The Balaban J connectivity index is 0.00000122. The molecule has 0 aromatic carbocycles. The number of ether oxygens (including phenoxy) is 10. The van der Waals surface area contributed by atoms with Crippen LogP contribution in [0.2, 0.25) is 0 Å². The summed E-state index contributed by atoms with van der Waals surface area (Å²) in [5.74, 6) is 0.868. The largest absolute Gasteiger partial charge is 0.458 e. The minimum atomic E-state index is -0.614. The van der Waals surface area contributed by atoms with Gasteiger partial charge in [-0.15, -0.1) is 0 Å². The van der Waals surface area contributed by atoms with Crippen LogP contribution in [-0.4, -0.2) is 120 Å². The molecule has 14 aliphatic rings. The van der Waals surface area contributed by atoms with Gasteiger partial charge in [-0.3, -0.25) is 47.9 Å². The number of carbonyl (C=O) groups is 10. The van der Waals surface area contributed by atoms with Gasteiger partial charge >= 0.3 is 59.7 Å². The van der Waals surface area contributed by atoms with Crippen LogP contribution in [0.5, 0.6) is 0 Å². The SMILES string of the molecule is C.C.C.C.C.C.C.C.C.C.CCC(C)(C)C(=O)OC1(C)C2CC3C(=O)OC1C3C2.CCC(C)(C)C(=O)OC1C2CC3C(=O)OC1(C)C3C2.CCC(C)(C)C(=O)OC1C2CC3C(=O)OC1C3C2.CCC(C)(C)C(=O)OC1C2OC(=O)C3CC1(C)CC32.CCC(C)(C)C(=O)OC1CCC2CC1OC2=O. The average Bonchev–Trinajstić information content (AvgIpc) is 1.56. The van der Waals surface area contributed by atoms with Gasteiger partial charge in [0, 0.05) is 53.3 Å². The molecule has 0 amide bonds. The Bertz CT molecular complexity index is 2930. The fraction of sp³-hybridized carbons (Fsp3) is 0.878. The fourth-order valence-electron chi connectivity index (χ4n) is 17.4. The van der Waals surface area contributed by atoms with Crippen LogP contribution in [0.3, 0.4) is 0 Å². The number of carbonyl (C=O) groups excluding carboxylic acids is 10. The normalized spacial score (nSPS) is 36.9. The third kappa shape index (κ3) is 16.8. The highest BCUT2D eigenvalue weighted by atomic mass is 16.6.